The first-order chi connectivity index (χ1) is 15.5. The van der Waals surface area contributed by atoms with Crippen LogP contribution >= 0.6 is 11.8 Å². The zero-order chi connectivity index (χ0) is 22.2. The fraction of sp³-hybridized carbons (Fsp3) is 0.476. The second kappa shape index (κ2) is 8.91. The van der Waals surface area contributed by atoms with Gasteiger partial charge in [0.25, 0.3) is 0 Å². The summed E-state index contributed by atoms with van der Waals surface area (Å²) >= 11 is 1.22. The average Bonchev–Trinajstić information content (AvgIpc) is 3.47. The highest BCUT2D eigenvalue weighted by Gasteiger charge is 2.44. The maximum Gasteiger partial charge on any atom is 0.167 e. The summed E-state index contributed by atoms with van der Waals surface area (Å²) in [5.41, 5.74) is 0.926. The number of nitrogens with zero attached hydrogens (tertiary/aromatic N) is 4. The Morgan fingerprint density at radius 1 is 1.12 bits per heavy atom. The molecule has 0 spiro atoms. The molecule has 11 heteroatoms. The van der Waals surface area contributed by atoms with Gasteiger partial charge in [0.1, 0.15) is 24.4 Å². The number of fused-ring (bicyclic) bond motifs is 1. The molecule has 0 radical (unpaired) electrons. The summed E-state index contributed by atoms with van der Waals surface area (Å²) in [7, 11) is 0. The van der Waals surface area contributed by atoms with E-state index >= 15 is 0 Å². The predicted molar refractivity (Wildman–Crippen MR) is 116 cm³/mol. The Morgan fingerprint density at radius 2 is 1.97 bits per heavy atom. The van der Waals surface area contributed by atoms with Crippen LogP contribution in [0, 0.1) is 5.82 Å². The van der Waals surface area contributed by atoms with Crippen molar-refractivity contribution >= 4 is 28.7 Å². The predicted octanol–water partition coefficient (Wildman–Crippen LogP) is 1.70. The maximum absolute atomic E-state index is 13.9. The maximum atomic E-state index is 13.9. The molecule has 32 heavy (non-hydrogen) atoms. The molecule has 1 aliphatic heterocycles. The largest absolute Gasteiger partial charge is 0.391 e. The lowest BCUT2D eigenvalue weighted by Gasteiger charge is -2.18. The SMILES string of the molecule is OC1[C@@H](O)[C@H](n2cnc3c(N[C@@H]4CCC[C@H]4O)ncnc32)O[C@@H]1CSc1ccccc1F. The van der Waals surface area contributed by atoms with Crippen LogP contribution in [0.2, 0.25) is 0 Å². The van der Waals surface area contributed by atoms with Crippen molar-refractivity contribution in [1.29, 1.82) is 0 Å². The molecule has 3 aromatic rings. The van der Waals surface area contributed by atoms with Gasteiger partial charge in [-0.05, 0) is 31.4 Å². The Bertz CT molecular complexity index is 1100. The molecule has 9 nitrogen and oxygen atoms in total. The Kier molecular flexibility index (Phi) is 5.99. The van der Waals surface area contributed by atoms with Crippen LogP contribution in [0.1, 0.15) is 25.5 Å². The number of ether oxygens (including phenoxy) is 1. The van der Waals surface area contributed by atoms with E-state index in [4.69, 9.17) is 4.74 Å². The smallest absolute Gasteiger partial charge is 0.167 e. The van der Waals surface area contributed by atoms with E-state index in [0.717, 1.165) is 19.3 Å². The Hall–Kier alpha value is -2.31. The van der Waals surface area contributed by atoms with Crippen molar-refractivity contribution in [3.8, 4) is 0 Å². The first kappa shape index (κ1) is 21.5. The van der Waals surface area contributed by atoms with Gasteiger partial charge in [0.2, 0.25) is 0 Å². The second-order valence-corrected chi connectivity index (χ2v) is 9.14. The number of hydrogen-bond acceptors (Lipinski definition) is 9. The highest BCUT2D eigenvalue weighted by molar-refractivity contribution is 7.99. The summed E-state index contributed by atoms with van der Waals surface area (Å²) in [6.45, 7) is 0. The third-order valence-electron chi connectivity index (χ3n) is 6.01. The molecule has 3 heterocycles. The molecule has 1 saturated heterocycles. The van der Waals surface area contributed by atoms with Crippen molar-refractivity contribution in [1.82, 2.24) is 19.5 Å². The van der Waals surface area contributed by atoms with Gasteiger partial charge in [-0.2, -0.15) is 0 Å². The van der Waals surface area contributed by atoms with Gasteiger partial charge in [-0.1, -0.05) is 12.1 Å². The topological polar surface area (TPSA) is 126 Å². The van der Waals surface area contributed by atoms with E-state index in [1.54, 1.807) is 22.8 Å². The molecule has 6 atom stereocenters. The number of benzene rings is 1. The quantitative estimate of drug-likeness (QED) is 0.406. The fourth-order valence-electron chi connectivity index (χ4n) is 4.26. The van der Waals surface area contributed by atoms with Crippen LogP contribution in [-0.4, -0.2) is 71.0 Å². The van der Waals surface area contributed by atoms with E-state index in [1.165, 1.54) is 30.5 Å². The van der Waals surface area contributed by atoms with Crippen LogP contribution in [0.3, 0.4) is 0 Å². The molecule has 2 aromatic heterocycles. The fourth-order valence-corrected chi connectivity index (χ4v) is 5.26. The minimum absolute atomic E-state index is 0.104. The van der Waals surface area contributed by atoms with Gasteiger partial charge >= 0.3 is 0 Å². The zero-order valence-electron chi connectivity index (χ0n) is 17.1. The number of imidazole rings is 1. The number of halogens is 1. The third kappa shape index (κ3) is 3.95. The van der Waals surface area contributed by atoms with Crippen LogP contribution in [-0.2, 0) is 4.74 Å². The highest BCUT2D eigenvalue weighted by Crippen LogP contribution is 2.35. The standard InChI is InChI=1S/C21H24FN5O4S/c22-11-4-1-2-7-15(11)32-8-14-17(29)18(30)21(31-14)27-10-25-16-19(23-9-24-20(16)27)26-12-5-3-6-13(12)28/h1-2,4,7,9-10,12-14,17-18,21,28-30H,3,5-6,8H2,(H,23,24,26)/t12-,13-,14-,17?,18-,21-/m1/s1. The molecule has 2 aliphatic rings. The normalized spacial score (nSPS) is 30.2. The van der Waals surface area contributed by atoms with E-state index in [9.17, 15) is 19.7 Å². The zero-order valence-corrected chi connectivity index (χ0v) is 17.9. The molecule has 4 N–H and O–H groups in total. The number of thioether (sulfide) groups is 1. The molecule has 1 aromatic carbocycles. The van der Waals surface area contributed by atoms with Crippen LogP contribution in [0.15, 0.2) is 41.8 Å². The van der Waals surface area contributed by atoms with Crippen molar-refractivity contribution in [3.63, 3.8) is 0 Å². The van der Waals surface area contributed by atoms with Gasteiger partial charge in [0.15, 0.2) is 23.2 Å². The number of rotatable bonds is 6. The molecular weight excluding hydrogens is 437 g/mol. The Morgan fingerprint density at radius 3 is 2.75 bits per heavy atom. The monoisotopic (exact) mass is 461 g/mol. The molecule has 1 saturated carbocycles. The lowest BCUT2D eigenvalue weighted by Crippen LogP contribution is -2.32. The Balaban J connectivity index is 1.34. The minimum Gasteiger partial charge on any atom is -0.391 e. The van der Waals surface area contributed by atoms with E-state index in [-0.39, 0.29) is 17.6 Å². The number of hydrogen-bond donors (Lipinski definition) is 4. The van der Waals surface area contributed by atoms with Crippen molar-refractivity contribution in [2.45, 2.75) is 60.8 Å². The summed E-state index contributed by atoms with van der Waals surface area (Å²) in [5, 5.41) is 34.5. The Labute approximate surface area is 187 Å². The summed E-state index contributed by atoms with van der Waals surface area (Å²) in [6.07, 6.45) is 0.990. The highest BCUT2D eigenvalue weighted by atomic mass is 32.2. The number of aliphatic hydroxyl groups is 3. The van der Waals surface area contributed by atoms with E-state index in [1.807, 2.05) is 0 Å². The molecule has 0 bridgehead atoms. The van der Waals surface area contributed by atoms with Crippen molar-refractivity contribution in [2.24, 2.45) is 0 Å². The second-order valence-electron chi connectivity index (χ2n) is 8.08. The van der Waals surface area contributed by atoms with Crippen molar-refractivity contribution < 1.29 is 24.4 Å². The van der Waals surface area contributed by atoms with Crippen LogP contribution in [0.25, 0.3) is 11.2 Å². The summed E-state index contributed by atoms with van der Waals surface area (Å²) < 4.78 is 21.4. The first-order valence-electron chi connectivity index (χ1n) is 10.5. The molecule has 170 valence electrons. The van der Waals surface area contributed by atoms with Crippen LogP contribution in [0.5, 0.6) is 0 Å². The summed E-state index contributed by atoms with van der Waals surface area (Å²) in [6, 6.07) is 6.28. The van der Waals surface area contributed by atoms with E-state index < -0.39 is 30.6 Å². The molecule has 0 amide bonds. The third-order valence-corrected chi connectivity index (χ3v) is 7.15. The number of aliphatic hydroxyl groups excluding tert-OH is 3. The number of nitrogens with one attached hydrogen (secondary N) is 1. The van der Waals surface area contributed by atoms with Gasteiger partial charge in [-0.15, -0.1) is 11.8 Å². The van der Waals surface area contributed by atoms with Crippen LogP contribution in [0.4, 0.5) is 10.2 Å². The van der Waals surface area contributed by atoms with Gasteiger partial charge in [-0.3, -0.25) is 4.57 Å². The van der Waals surface area contributed by atoms with E-state index in [0.29, 0.717) is 21.9 Å². The van der Waals surface area contributed by atoms with Crippen LogP contribution < -0.4 is 5.32 Å². The van der Waals surface area contributed by atoms with Crippen molar-refractivity contribution in [2.75, 3.05) is 11.1 Å². The van der Waals surface area contributed by atoms with Gasteiger partial charge in [0, 0.05) is 10.6 Å². The minimum atomic E-state index is -1.21. The average molecular weight is 462 g/mol. The lowest BCUT2D eigenvalue weighted by molar-refractivity contribution is -0.0289. The molecule has 1 aliphatic carbocycles. The molecular formula is C21H24FN5O4S. The molecule has 1 unspecified atom stereocenters. The molecule has 5 rings (SSSR count). The van der Waals surface area contributed by atoms with E-state index in [2.05, 4.69) is 20.3 Å². The van der Waals surface area contributed by atoms with Gasteiger partial charge < -0.3 is 25.4 Å². The number of aromatic nitrogens is 4. The first-order valence-corrected chi connectivity index (χ1v) is 11.5. The lowest BCUT2D eigenvalue weighted by atomic mass is 10.1. The molecule has 2 fully saturated rings. The summed E-state index contributed by atoms with van der Waals surface area (Å²) in [4.78, 5) is 13.4. The number of anilines is 1. The van der Waals surface area contributed by atoms with Gasteiger partial charge in [-0.25, -0.2) is 19.3 Å². The van der Waals surface area contributed by atoms with Crippen molar-refractivity contribution in [3.05, 3.63) is 42.7 Å². The van der Waals surface area contributed by atoms with Gasteiger partial charge in [0.05, 0.1) is 24.6 Å². The summed E-state index contributed by atoms with van der Waals surface area (Å²) in [5.74, 6) is 0.426.